The topological polar surface area (TPSA) is 197 Å². The Morgan fingerprint density at radius 2 is 1.75 bits per heavy atom. The summed E-state index contributed by atoms with van der Waals surface area (Å²) < 4.78 is 17.4. The molecule has 0 spiro atoms. The number of nitrogens with two attached hydrogens (primary N) is 1. The Morgan fingerprint density at radius 3 is 2.46 bits per heavy atom. The highest BCUT2D eigenvalue weighted by atomic mass is 16.6. The molecule has 0 atom stereocenters. The van der Waals surface area contributed by atoms with E-state index in [0.717, 1.165) is 18.5 Å². The number of fused-ring (bicyclic) bond motifs is 3. The number of carbonyl (C=O) groups excluding carboxylic acids is 2. The number of benzene rings is 2. The SMILES string of the molecule is COc1c(OCCCN2CCN(C(=O)Oc3ccc(CC(=O)O)cc3)CC2)ccc2c1N=C(NC(=O)c1cnc(N)nc1)N1CCN=C21. The van der Waals surface area contributed by atoms with E-state index >= 15 is 0 Å². The van der Waals surface area contributed by atoms with Gasteiger partial charge in [-0.05, 0) is 36.2 Å². The Kier molecular flexibility index (Phi) is 9.61. The van der Waals surface area contributed by atoms with Crippen LogP contribution in [0.5, 0.6) is 17.2 Å². The maximum Gasteiger partial charge on any atom is 0.415 e. The van der Waals surface area contributed by atoms with Crippen molar-refractivity contribution in [3.63, 3.8) is 0 Å². The molecular weight excluding hydrogens is 622 g/mol. The van der Waals surface area contributed by atoms with Crippen LogP contribution in [0.4, 0.5) is 16.4 Å². The molecule has 0 saturated carbocycles. The van der Waals surface area contributed by atoms with Crippen LogP contribution in [-0.2, 0) is 11.2 Å². The first-order valence-electron chi connectivity index (χ1n) is 15.4. The number of hydrogen-bond acceptors (Lipinski definition) is 13. The second-order valence-electron chi connectivity index (χ2n) is 11.2. The molecule has 4 N–H and O–H groups in total. The predicted octanol–water partition coefficient (Wildman–Crippen LogP) is 1.77. The number of anilines is 1. The lowest BCUT2D eigenvalue weighted by atomic mass is 10.1. The van der Waals surface area contributed by atoms with Crippen molar-refractivity contribution in [3.05, 3.63) is 65.5 Å². The second kappa shape index (κ2) is 14.3. The van der Waals surface area contributed by atoms with Gasteiger partial charge in [0.15, 0.2) is 11.5 Å². The molecule has 16 heteroatoms. The highest BCUT2D eigenvalue weighted by molar-refractivity contribution is 6.20. The molecule has 3 aromatic rings. The third-order valence-electron chi connectivity index (χ3n) is 8.00. The highest BCUT2D eigenvalue weighted by Gasteiger charge is 2.33. The number of nitrogen functional groups attached to an aromatic ring is 1. The average molecular weight is 658 g/mol. The molecule has 48 heavy (non-hydrogen) atoms. The van der Waals surface area contributed by atoms with Gasteiger partial charge in [-0.2, -0.15) is 0 Å². The van der Waals surface area contributed by atoms with E-state index in [4.69, 9.17) is 30.0 Å². The normalized spacial score (nSPS) is 15.5. The summed E-state index contributed by atoms with van der Waals surface area (Å²) in [5, 5.41) is 11.7. The lowest BCUT2D eigenvalue weighted by Crippen LogP contribution is -2.49. The molecule has 1 aromatic heterocycles. The number of aliphatic imine (C=N–C) groups is 2. The van der Waals surface area contributed by atoms with E-state index in [1.807, 2.05) is 17.0 Å². The smallest absolute Gasteiger partial charge is 0.415 e. The summed E-state index contributed by atoms with van der Waals surface area (Å²) in [5.74, 6) is 1.05. The van der Waals surface area contributed by atoms with E-state index in [2.05, 4.69) is 25.2 Å². The zero-order valence-corrected chi connectivity index (χ0v) is 26.3. The van der Waals surface area contributed by atoms with Crippen molar-refractivity contribution >= 4 is 41.4 Å². The minimum Gasteiger partial charge on any atom is -0.491 e. The minimum absolute atomic E-state index is 0.0722. The number of ether oxygens (including phenoxy) is 3. The van der Waals surface area contributed by atoms with Gasteiger partial charge in [-0.1, -0.05) is 12.1 Å². The number of carboxylic acid groups (broad SMARTS) is 1. The van der Waals surface area contributed by atoms with Gasteiger partial charge in [-0.25, -0.2) is 19.8 Å². The second-order valence-corrected chi connectivity index (χ2v) is 11.2. The number of piperazine rings is 1. The van der Waals surface area contributed by atoms with Crippen LogP contribution in [0.2, 0.25) is 0 Å². The van der Waals surface area contributed by atoms with E-state index in [1.54, 1.807) is 36.3 Å². The molecule has 0 aliphatic carbocycles. The van der Waals surface area contributed by atoms with Gasteiger partial charge in [0.05, 0.1) is 32.2 Å². The lowest BCUT2D eigenvalue weighted by molar-refractivity contribution is -0.136. The molecule has 1 fully saturated rings. The van der Waals surface area contributed by atoms with Gasteiger partial charge in [0.1, 0.15) is 17.3 Å². The monoisotopic (exact) mass is 657 g/mol. The number of guanidine groups is 1. The summed E-state index contributed by atoms with van der Waals surface area (Å²) in [4.78, 5) is 59.4. The first kappa shape index (κ1) is 32.2. The van der Waals surface area contributed by atoms with Crippen LogP contribution in [0, 0.1) is 0 Å². The first-order chi connectivity index (χ1) is 23.3. The van der Waals surface area contributed by atoms with Gasteiger partial charge in [-0.3, -0.25) is 29.7 Å². The Labute approximate surface area is 275 Å². The fraction of sp³-hybridized carbons (Fsp3) is 0.344. The molecule has 250 valence electrons. The van der Waals surface area contributed by atoms with Crippen LogP contribution in [0.25, 0.3) is 0 Å². The third-order valence-corrected chi connectivity index (χ3v) is 8.00. The first-order valence-corrected chi connectivity index (χ1v) is 15.4. The molecular formula is C32H35N9O7. The summed E-state index contributed by atoms with van der Waals surface area (Å²) in [6.07, 6.45) is 2.92. The summed E-state index contributed by atoms with van der Waals surface area (Å²) >= 11 is 0. The van der Waals surface area contributed by atoms with Gasteiger partial charge in [0.25, 0.3) is 5.91 Å². The Bertz CT molecular complexity index is 1740. The highest BCUT2D eigenvalue weighted by Crippen LogP contribution is 2.43. The maximum atomic E-state index is 12.9. The van der Waals surface area contributed by atoms with Gasteiger partial charge in [-0.15, -0.1) is 0 Å². The predicted molar refractivity (Wildman–Crippen MR) is 174 cm³/mol. The Morgan fingerprint density at radius 1 is 1.00 bits per heavy atom. The number of amides is 2. The van der Waals surface area contributed by atoms with E-state index < -0.39 is 18.0 Å². The van der Waals surface area contributed by atoms with Crippen molar-refractivity contribution in [2.75, 3.05) is 65.3 Å². The fourth-order valence-corrected chi connectivity index (χ4v) is 5.57. The van der Waals surface area contributed by atoms with Gasteiger partial charge in [0, 0.05) is 57.2 Å². The summed E-state index contributed by atoms with van der Waals surface area (Å²) in [5.41, 5.74) is 7.71. The van der Waals surface area contributed by atoms with Crippen molar-refractivity contribution in [2.24, 2.45) is 9.98 Å². The van der Waals surface area contributed by atoms with E-state index in [9.17, 15) is 14.4 Å². The standard InChI is InChI=1S/C32H35N9O7/c1-46-27-24(8-7-23-26(27)37-31(41-11-9-34-28(23)41)38-29(44)21-18-35-30(33)36-19-21)47-16-2-10-39-12-14-40(15-13-39)32(45)48-22-5-3-20(4-6-22)17-25(42)43/h3-8,18-19H,2,9-17H2,1H3,(H,42,43)(H2,33,35,36)(H,37,38,44). The molecule has 1 saturated heterocycles. The number of hydrogen-bond donors (Lipinski definition) is 3. The number of aliphatic carboxylic acids is 1. The van der Waals surface area contributed by atoms with Gasteiger partial charge < -0.3 is 30.0 Å². The van der Waals surface area contributed by atoms with E-state index in [0.29, 0.717) is 86.2 Å². The number of carbonyl (C=O) groups is 3. The summed E-state index contributed by atoms with van der Waals surface area (Å²) in [6.45, 7) is 4.75. The number of amidine groups is 1. The quantitative estimate of drug-likeness (QED) is 0.268. The summed E-state index contributed by atoms with van der Waals surface area (Å²) in [7, 11) is 1.55. The zero-order valence-electron chi connectivity index (χ0n) is 26.3. The van der Waals surface area contributed by atoms with Crippen molar-refractivity contribution < 1.29 is 33.7 Å². The minimum atomic E-state index is -0.918. The fourth-order valence-electron chi connectivity index (χ4n) is 5.57. The largest absolute Gasteiger partial charge is 0.491 e. The molecule has 16 nitrogen and oxygen atoms in total. The average Bonchev–Trinajstić information content (AvgIpc) is 3.59. The lowest BCUT2D eigenvalue weighted by Gasteiger charge is -2.34. The number of nitrogens with zero attached hydrogens (tertiary/aromatic N) is 7. The number of rotatable bonds is 10. The van der Waals surface area contributed by atoms with Crippen molar-refractivity contribution in [3.8, 4) is 17.2 Å². The van der Waals surface area contributed by atoms with Crippen LogP contribution in [0.15, 0.2) is 58.8 Å². The molecule has 0 bridgehead atoms. The zero-order chi connectivity index (χ0) is 33.6. The third kappa shape index (κ3) is 7.28. The van der Waals surface area contributed by atoms with Crippen LogP contribution >= 0.6 is 0 Å². The molecule has 0 radical (unpaired) electrons. The Balaban J connectivity index is 1.01. The number of nitrogens with one attached hydrogen (secondary N) is 1. The molecule has 0 unspecified atom stereocenters. The van der Waals surface area contributed by atoms with Crippen molar-refractivity contribution in [1.82, 2.24) is 30.0 Å². The van der Waals surface area contributed by atoms with Crippen LogP contribution in [0.3, 0.4) is 0 Å². The van der Waals surface area contributed by atoms with Gasteiger partial charge >= 0.3 is 12.1 Å². The molecule has 2 aromatic carbocycles. The number of aromatic nitrogens is 2. The molecule has 3 aliphatic heterocycles. The molecule has 2 amide bonds. The number of carboxylic acids is 1. The van der Waals surface area contributed by atoms with Crippen molar-refractivity contribution in [2.45, 2.75) is 12.8 Å². The molecule has 3 aliphatic rings. The summed E-state index contributed by atoms with van der Waals surface area (Å²) in [6, 6.07) is 10.2. The van der Waals surface area contributed by atoms with Crippen LogP contribution in [0.1, 0.15) is 27.9 Å². The van der Waals surface area contributed by atoms with Crippen LogP contribution < -0.4 is 25.3 Å². The Hall–Kier alpha value is -5.77. The van der Waals surface area contributed by atoms with Gasteiger partial charge in [0.2, 0.25) is 11.9 Å². The molecule has 6 rings (SSSR count). The molecule has 4 heterocycles. The van der Waals surface area contributed by atoms with Crippen LogP contribution in [-0.4, -0.2) is 119 Å². The van der Waals surface area contributed by atoms with E-state index in [-0.39, 0.29) is 17.9 Å². The number of methoxy groups -OCH3 is 1. The van der Waals surface area contributed by atoms with E-state index in [1.165, 1.54) is 12.4 Å². The maximum absolute atomic E-state index is 12.9. The van der Waals surface area contributed by atoms with Crippen molar-refractivity contribution in [1.29, 1.82) is 0 Å².